The van der Waals surface area contributed by atoms with Crippen LogP contribution in [0.4, 0.5) is 13.2 Å². The van der Waals surface area contributed by atoms with E-state index < -0.39 is 12.8 Å². The van der Waals surface area contributed by atoms with Gasteiger partial charge in [0.05, 0.1) is 12.0 Å². The summed E-state index contributed by atoms with van der Waals surface area (Å²) in [5.74, 6) is 1.02. The molecule has 0 amide bonds. The van der Waals surface area contributed by atoms with Crippen LogP contribution in [0.5, 0.6) is 5.75 Å². The van der Waals surface area contributed by atoms with Crippen molar-refractivity contribution in [1.29, 1.82) is 0 Å². The van der Waals surface area contributed by atoms with E-state index in [0.717, 1.165) is 36.0 Å². The van der Waals surface area contributed by atoms with E-state index >= 15 is 0 Å². The number of aryl methyl sites for hydroxylation is 1. The minimum atomic E-state index is -4.36. The van der Waals surface area contributed by atoms with Crippen molar-refractivity contribution in [2.24, 2.45) is 0 Å². The van der Waals surface area contributed by atoms with Gasteiger partial charge >= 0.3 is 6.18 Å². The lowest BCUT2D eigenvalue weighted by Crippen LogP contribution is -2.17. The molecule has 8 heteroatoms. The molecular formula is C21H23F3N2O3. The summed E-state index contributed by atoms with van der Waals surface area (Å²) >= 11 is 0. The van der Waals surface area contributed by atoms with Gasteiger partial charge in [0.2, 0.25) is 0 Å². The van der Waals surface area contributed by atoms with E-state index in [1.165, 1.54) is 0 Å². The van der Waals surface area contributed by atoms with Gasteiger partial charge in [-0.3, -0.25) is 4.98 Å². The molecule has 0 saturated carbocycles. The number of aromatic nitrogens is 1. The predicted molar refractivity (Wildman–Crippen MR) is 103 cm³/mol. The smallest absolute Gasteiger partial charge is 0.411 e. The second-order valence-electron chi connectivity index (χ2n) is 6.63. The van der Waals surface area contributed by atoms with Gasteiger partial charge in [-0.2, -0.15) is 13.2 Å². The van der Waals surface area contributed by atoms with Crippen LogP contribution in [-0.4, -0.2) is 30.9 Å². The lowest BCUT2D eigenvalue weighted by atomic mass is 10.1. The van der Waals surface area contributed by atoms with Crippen molar-refractivity contribution in [3.05, 3.63) is 59.6 Å². The van der Waals surface area contributed by atoms with Crippen LogP contribution >= 0.6 is 0 Å². The summed E-state index contributed by atoms with van der Waals surface area (Å²) < 4.78 is 53.1. The fraction of sp³-hybridized carbons (Fsp3) is 0.381. The van der Waals surface area contributed by atoms with E-state index in [2.05, 4.69) is 10.3 Å². The summed E-state index contributed by atoms with van der Waals surface area (Å²) in [6.07, 6.45) is -0.0000942. The highest BCUT2D eigenvalue weighted by Crippen LogP contribution is 2.33. The minimum Gasteiger partial charge on any atom is -0.493 e. The maximum Gasteiger partial charge on any atom is 0.411 e. The first-order chi connectivity index (χ1) is 13.9. The number of nitrogens with zero attached hydrogens (tertiary/aromatic N) is 1. The fourth-order valence-electron chi connectivity index (χ4n) is 2.95. The van der Waals surface area contributed by atoms with Crippen LogP contribution < -0.4 is 10.1 Å². The van der Waals surface area contributed by atoms with E-state index in [1.807, 2.05) is 24.4 Å². The van der Waals surface area contributed by atoms with Crippen LogP contribution in [-0.2, 0) is 17.9 Å². The molecule has 1 N–H and O–H groups in total. The number of alkyl halides is 3. The molecular weight excluding hydrogens is 385 g/mol. The van der Waals surface area contributed by atoms with E-state index in [1.54, 1.807) is 25.3 Å². The van der Waals surface area contributed by atoms with Gasteiger partial charge in [0.25, 0.3) is 0 Å². The topological polar surface area (TPSA) is 56.5 Å². The van der Waals surface area contributed by atoms with Gasteiger partial charge in [0.15, 0.2) is 0 Å². The number of hydrogen-bond acceptors (Lipinski definition) is 5. The molecule has 0 radical (unpaired) electrons. The highest BCUT2D eigenvalue weighted by Gasteiger charge is 2.28. The standard InChI is InChI=1S/C21H23F3N2O3/c1-15-19(13-27-14-21(22,23)24)29-18-7-2-6-17(20(15)18)28-10-4-9-26-12-16-5-3-8-25-11-16/h2-3,5-8,11,26H,4,9-10,12-14H2,1H3. The summed E-state index contributed by atoms with van der Waals surface area (Å²) in [5, 5.41) is 4.09. The highest BCUT2D eigenvalue weighted by atomic mass is 19.4. The molecule has 0 aliphatic heterocycles. The molecule has 0 aliphatic rings. The Kier molecular flexibility index (Phi) is 7.11. The van der Waals surface area contributed by atoms with Crippen LogP contribution in [0.15, 0.2) is 47.1 Å². The number of benzene rings is 1. The Labute approximate surface area is 166 Å². The van der Waals surface area contributed by atoms with Gasteiger partial charge in [-0.25, -0.2) is 0 Å². The number of pyridine rings is 1. The highest BCUT2D eigenvalue weighted by molar-refractivity contribution is 5.88. The summed E-state index contributed by atoms with van der Waals surface area (Å²) in [4.78, 5) is 4.07. The number of fused-ring (bicyclic) bond motifs is 1. The maximum absolute atomic E-state index is 12.3. The number of halogens is 3. The molecule has 0 aliphatic carbocycles. The van der Waals surface area contributed by atoms with Crippen LogP contribution in [0, 0.1) is 6.92 Å². The van der Waals surface area contributed by atoms with Crippen molar-refractivity contribution in [3.63, 3.8) is 0 Å². The Hall–Kier alpha value is -2.58. The van der Waals surface area contributed by atoms with Gasteiger partial charge < -0.3 is 19.2 Å². The summed E-state index contributed by atoms with van der Waals surface area (Å²) in [7, 11) is 0. The van der Waals surface area contributed by atoms with E-state index in [0.29, 0.717) is 23.7 Å². The Morgan fingerprint density at radius 2 is 2.03 bits per heavy atom. The summed E-state index contributed by atoms with van der Waals surface area (Å²) in [5.41, 5.74) is 2.42. The number of hydrogen-bond donors (Lipinski definition) is 1. The van der Waals surface area contributed by atoms with Gasteiger partial charge in [-0.15, -0.1) is 0 Å². The van der Waals surface area contributed by atoms with Crippen molar-refractivity contribution in [3.8, 4) is 5.75 Å². The first-order valence-corrected chi connectivity index (χ1v) is 9.32. The molecule has 2 aromatic heterocycles. The molecule has 0 bridgehead atoms. The zero-order valence-corrected chi connectivity index (χ0v) is 16.1. The molecule has 29 heavy (non-hydrogen) atoms. The lowest BCUT2D eigenvalue weighted by molar-refractivity contribution is -0.177. The maximum atomic E-state index is 12.3. The third-order valence-electron chi connectivity index (χ3n) is 4.32. The number of rotatable bonds is 10. The second-order valence-corrected chi connectivity index (χ2v) is 6.63. The summed E-state index contributed by atoms with van der Waals surface area (Å²) in [6.45, 7) is 2.28. The normalized spacial score (nSPS) is 11.9. The number of furan rings is 1. The Bertz CT molecular complexity index is 911. The number of ether oxygens (including phenoxy) is 2. The molecule has 3 rings (SSSR count). The third-order valence-corrected chi connectivity index (χ3v) is 4.32. The van der Waals surface area contributed by atoms with Crippen LogP contribution in [0.2, 0.25) is 0 Å². The quantitative estimate of drug-likeness (QED) is 0.490. The third kappa shape index (κ3) is 6.20. The molecule has 5 nitrogen and oxygen atoms in total. The average molecular weight is 408 g/mol. The zero-order chi connectivity index (χ0) is 20.7. The largest absolute Gasteiger partial charge is 0.493 e. The van der Waals surface area contributed by atoms with Gasteiger partial charge in [0, 0.05) is 24.5 Å². The molecule has 0 atom stereocenters. The molecule has 2 heterocycles. The van der Waals surface area contributed by atoms with E-state index in [4.69, 9.17) is 13.9 Å². The Balaban J connectivity index is 1.51. The first-order valence-electron chi connectivity index (χ1n) is 9.32. The Morgan fingerprint density at radius 1 is 1.17 bits per heavy atom. The van der Waals surface area contributed by atoms with Crippen molar-refractivity contribution in [2.45, 2.75) is 32.7 Å². The first kappa shape index (κ1) is 21.1. The van der Waals surface area contributed by atoms with Crippen LogP contribution in [0.1, 0.15) is 23.3 Å². The van der Waals surface area contributed by atoms with Crippen LogP contribution in [0.25, 0.3) is 11.0 Å². The lowest BCUT2D eigenvalue weighted by Gasteiger charge is -2.09. The number of nitrogens with one attached hydrogen (secondary N) is 1. The Morgan fingerprint density at radius 3 is 2.79 bits per heavy atom. The zero-order valence-electron chi connectivity index (χ0n) is 16.1. The molecule has 1 aromatic carbocycles. The molecule has 3 aromatic rings. The van der Waals surface area contributed by atoms with Crippen molar-refractivity contribution >= 4 is 11.0 Å². The molecule has 0 spiro atoms. The van der Waals surface area contributed by atoms with Crippen molar-refractivity contribution < 1.29 is 27.1 Å². The second kappa shape index (κ2) is 9.76. The molecule has 0 fully saturated rings. The monoisotopic (exact) mass is 408 g/mol. The van der Waals surface area contributed by atoms with E-state index in [-0.39, 0.29) is 6.61 Å². The predicted octanol–water partition coefficient (Wildman–Crippen LogP) is 4.77. The van der Waals surface area contributed by atoms with Gasteiger partial charge in [-0.1, -0.05) is 12.1 Å². The average Bonchev–Trinajstić information content (AvgIpc) is 3.01. The molecule has 0 unspecified atom stereocenters. The minimum absolute atomic E-state index is 0.238. The molecule has 0 saturated heterocycles. The van der Waals surface area contributed by atoms with Gasteiger partial charge in [-0.05, 0) is 43.7 Å². The summed E-state index contributed by atoms with van der Waals surface area (Å²) in [6, 6.07) is 9.29. The SMILES string of the molecule is Cc1c(COCC(F)(F)F)oc2cccc(OCCCNCc3cccnc3)c12. The van der Waals surface area contributed by atoms with E-state index in [9.17, 15) is 13.2 Å². The fourth-order valence-corrected chi connectivity index (χ4v) is 2.95. The molecule has 156 valence electrons. The van der Waals surface area contributed by atoms with Crippen molar-refractivity contribution in [2.75, 3.05) is 19.8 Å². The van der Waals surface area contributed by atoms with Gasteiger partial charge in [0.1, 0.15) is 30.3 Å². The van der Waals surface area contributed by atoms with Crippen LogP contribution in [0.3, 0.4) is 0 Å². The van der Waals surface area contributed by atoms with Crippen molar-refractivity contribution in [1.82, 2.24) is 10.3 Å².